The Balaban J connectivity index is 1.84. The van der Waals surface area contributed by atoms with Crippen molar-refractivity contribution >= 4 is 27.5 Å². The fourth-order valence-corrected chi connectivity index (χ4v) is 3.00. The Morgan fingerprint density at radius 1 is 1.48 bits per heavy atom. The summed E-state index contributed by atoms with van der Waals surface area (Å²) >= 11 is 3.41. The maximum Gasteiger partial charge on any atom is 0.245 e. The molecular formula is C15H19BrN2O3. The highest BCUT2D eigenvalue weighted by Gasteiger charge is 2.34. The van der Waals surface area contributed by atoms with E-state index in [9.17, 15) is 9.90 Å². The number of aliphatic hydroxyl groups is 1. The summed E-state index contributed by atoms with van der Waals surface area (Å²) in [4.78, 5) is 14.4. The molecule has 6 heteroatoms. The molecule has 1 aromatic carbocycles. The van der Waals surface area contributed by atoms with Crippen molar-refractivity contribution in [3.63, 3.8) is 0 Å². The Morgan fingerprint density at radius 2 is 2.29 bits per heavy atom. The van der Waals surface area contributed by atoms with Crippen LogP contribution in [0.15, 0.2) is 22.7 Å². The van der Waals surface area contributed by atoms with E-state index in [2.05, 4.69) is 21.2 Å². The van der Waals surface area contributed by atoms with Crippen LogP contribution in [0.25, 0.3) is 0 Å². The normalized spacial score (nSPS) is 22.2. The average Bonchev–Trinajstić information content (AvgIpc) is 3.31. The number of amides is 1. The molecular weight excluding hydrogens is 336 g/mol. The van der Waals surface area contributed by atoms with Gasteiger partial charge < -0.3 is 20.1 Å². The van der Waals surface area contributed by atoms with Crippen molar-refractivity contribution in [1.29, 1.82) is 0 Å². The van der Waals surface area contributed by atoms with Crippen LogP contribution >= 0.6 is 15.9 Å². The number of benzene rings is 1. The second-order valence-corrected chi connectivity index (χ2v) is 6.41. The van der Waals surface area contributed by atoms with E-state index in [1.54, 1.807) is 0 Å². The van der Waals surface area contributed by atoms with Crippen LogP contribution in [0.1, 0.15) is 18.4 Å². The third-order valence-corrected chi connectivity index (χ3v) is 4.37. The molecule has 1 amide bonds. The van der Waals surface area contributed by atoms with E-state index >= 15 is 0 Å². The molecule has 1 unspecified atom stereocenters. The number of carbonyl (C=O) groups excluding carboxylic acids is 1. The second kappa shape index (κ2) is 6.34. The molecule has 2 aliphatic rings. The second-order valence-electron chi connectivity index (χ2n) is 5.50. The smallest absolute Gasteiger partial charge is 0.245 e. The van der Waals surface area contributed by atoms with Crippen molar-refractivity contribution in [2.45, 2.75) is 31.5 Å². The van der Waals surface area contributed by atoms with Crippen molar-refractivity contribution in [1.82, 2.24) is 5.32 Å². The van der Waals surface area contributed by atoms with Crippen LogP contribution < -0.4 is 10.2 Å². The zero-order valence-corrected chi connectivity index (χ0v) is 13.3. The highest BCUT2D eigenvalue weighted by molar-refractivity contribution is 9.10. The summed E-state index contributed by atoms with van der Waals surface area (Å²) < 4.78 is 6.40. The maximum atomic E-state index is 12.4. The minimum Gasteiger partial charge on any atom is -0.392 e. The Labute approximate surface area is 132 Å². The van der Waals surface area contributed by atoms with Crippen LogP contribution in [-0.4, -0.2) is 42.9 Å². The van der Waals surface area contributed by atoms with Crippen LogP contribution in [0.4, 0.5) is 5.69 Å². The number of rotatable bonds is 4. The van der Waals surface area contributed by atoms with E-state index in [1.807, 2.05) is 23.1 Å². The molecule has 0 radical (unpaired) electrons. The fraction of sp³-hybridized carbons (Fsp3) is 0.533. The lowest BCUT2D eigenvalue weighted by Gasteiger charge is -2.37. The number of morpholine rings is 1. The first kappa shape index (κ1) is 14.8. The quantitative estimate of drug-likeness (QED) is 0.858. The molecule has 0 spiro atoms. The van der Waals surface area contributed by atoms with Gasteiger partial charge in [0.05, 0.1) is 19.8 Å². The van der Waals surface area contributed by atoms with Crippen molar-refractivity contribution in [3.05, 3.63) is 28.2 Å². The standard InChI is InChI=1S/C15H19BrN2O3/c16-11-1-4-13(10(7-11)8-19)18-5-6-21-9-14(18)15(20)17-12-2-3-12/h1,4,7,12,14,19H,2-3,5-6,8-9H2,(H,17,20). The van der Waals surface area contributed by atoms with Gasteiger partial charge in [0.1, 0.15) is 6.04 Å². The van der Waals surface area contributed by atoms with Crippen LogP contribution in [0.5, 0.6) is 0 Å². The van der Waals surface area contributed by atoms with Gasteiger partial charge >= 0.3 is 0 Å². The summed E-state index contributed by atoms with van der Waals surface area (Å²) in [5, 5.41) is 12.6. The molecule has 1 saturated heterocycles. The van der Waals surface area contributed by atoms with E-state index < -0.39 is 0 Å². The molecule has 0 bridgehead atoms. The number of anilines is 1. The monoisotopic (exact) mass is 354 g/mol. The van der Waals surface area contributed by atoms with Gasteiger partial charge in [-0.25, -0.2) is 0 Å². The molecule has 1 heterocycles. The number of carbonyl (C=O) groups is 1. The molecule has 5 nitrogen and oxygen atoms in total. The van der Waals surface area contributed by atoms with E-state index in [1.165, 1.54) is 0 Å². The first-order valence-electron chi connectivity index (χ1n) is 7.23. The molecule has 1 aliphatic carbocycles. The third kappa shape index (κ3) is 3.39. The van der Waals surface area contributed by atoms with Crippen molar-refractivity contribution in [2.75, 3.05) is 24.7 Å². The lowest BCUT2D eigenvalue weighted by Crippen LogP contribution is -2.54. The minimum atomic E-state index is -0.328. The molecule has 21 heavy (non-hydrogen) atoms. The maximum absolute atomic E-state index is 12.4. The first-order valence-corrected chi connectivity index (χ1v) is 8.02. The van der Waals surface area contributed by atoms with Crippen LogP contribution in [0.2, 0.25) is 0 Å². The number of hydrogen-bond donors (Lipinski definition) is 2. The lowest BCUT2D eigenvalue weighted by molar-refractivity contribution is -0.124. The number of aliphatic hydroxyl groups excluding tert-OH is 1. The number of halogens is 1. The van der Waals surface area contributed by atoms with E-state index in [0.717, 1.165) is 28.6 Å². The zero-order chi connectivity index (χ0) is 14.8. The predicted octanol–water partition coefficient (Wildman–Crippen LogP) is 1.43. The van der Waals surface area contributed by atoms with Gasteiger partial charge in [-0.05, 0) is 31.0 Å². The SMILES string of the molecule is O=C(NC1CC1)C1COCCN1c1ccc(Br)cc1CO. The summed E-state index contributed by atoms with van der Waals surface area (Å²) in [5.74, 6) is 0.0176. The molecule has 2 N–H and O–H groups in total. The third-order valence-electron chi connectivity index (χ3n) is 3.88. The molecule has 1 atom stereocenters. The van der Waals surface area contributed by atoms with Gasteiger partial charge in [0.2, 0.25) is 5.91 Å². The minimum absolute atomic E-state index is 0.0176. The van der Waals surface area contributed by atoms with Crippen molar-refractivity contribution in [2.24, 2.45) is 0 Å². The Bertz CT molecular complexity index is 534. The number of nitrogens with one attached hydrogen (secondary N) is 1. The number of hydrogen-bond acceptors (Lipinski definition) is 4. The van der Waals surface area contributed by atoms with Gasteiger partial charge in [-0.1, -0.05) is 15.9 Å². The topological polar surface area (TPSA) is 61.8 Å². The zero-order valence-electron chi connectivity index (χ0n) is 11.7. The fourth-order valence-electron chi connectivity index (χ4n) is 2.60. The van der Waals surface area contributed by atoms with Gasteiger partial charge in [-0.2, -0.15) is 0 Å². The van der Waals surface area contributed by atoms with Gasteiger partial charge in [0.15, 0.2) is 0 Å². The summed E-state index contributed by atoms with van der Waals surface area (Å²) in [6, 6.07) is 5.77. The van der Waals surface area contributed by atoms with Gasteiger partial charge in [0, 0.05) is 28.3 Å². The van der Waals surface area contributed by atoms with Crippen LogP contribution in [0.3, 0.4) is 0 Å². The molecule has 2 fully saturated rings. The van der Waals surface area contributed by atoms with Crippen LogP contribution in [-0.2, 0) is 16.1 Å². The summed E-state index contributed by atoms with van der Waals surface area (Å²) in [6.45, 7) is 1.58. The molecule has 1 aliphatic heterocycles. The molecule has 1 aromatic rings. The van der Waals surface area contributed by atoms with Crippen LogP contribution in [0, 0.1) is 0 Å². The molecule has 3 rings (SSSR count). The Morgan fingerprint density at radius 3 is 3.00 bits per heavy atom. The average molecular weight is 355 g/mol. The van der Waals surface area contributed by atoms with E-state index in [4.69, 9.17) is 4.74 Å². The number of ether oxygens (including phenoxy) is 1. The first-order chi connectivity index (χ1) is 10.2. The summed E-state index contributed by atoms with van der Waals surface area (Å²) in [6.07, 6.45) is 2.14. The number of nitrogens with zero attached hydrogens (tertiary/aromatic N) is 1. The van der Waals surface area contributed by atoms with Crippen molar-refractivity contribution < 1.29 is 14.6 Å². The molecule has 114 valence electrons. The Hall–Kier alpha value is -1.11. The highest BCUT2D eigenvalue weighted by Crippen LogP contribution is 2.28. The molecule has 1 saturated carbocycles. The van der Waals surface area contributed by atoms with Gasteiger partial charge in [-0.15, -0.1) is 0 Å². The van der Waals surface area contributed by atoms with Gasteiger partial charge in [0.25, 0.3) is 0 Å². The van der Waals surface area contributed by atoms with Crippen molar-refractivity contribution in [3.8, 4) is 0 Å². The summed E-state index contributed by atoms with van der Waals surface area (Å²) in [5.41, 5.74) is 1.72. The van der Waals surface area contributed by atoms with E-state index in [0.29, 0.717) is 25.8 Å². The predicted molar refractivity (Wildman–Crippen MR) is 83.2 cm³/mol. The van der Waals surface area contributed by atoms with E-state index in [-0.39, 0.29) is 18.6 Å². The van der Waals surface area contributed by atoms with Gasteiger partial charge in [-0.3, -0.25) is 4.79 Å². The largest absolute Gasteiger partial charge is 0.392 e. The Kier molecular flexibility index (Phi) is 4.47. The molecule has 0 aromatic heterocycles. The highest BCUT2D eigenvalue weighted by atomic mass is 79.9. The lowest BCUT2D eigenvalue weighted by atomic mass is 10.1. The summed E-state index contributed by atoms with van der Waals surface area (Å²) in [7, 11) is 0.